The fraction of sp³-hybridized carbons (Fsp3) is 0.222. The SMILES string of the molecule is N#CC(O)C(O)c1ccc(Br)cc1[N+](=O)[O-]. The second kappa shape index (κ2) is 5.03. The van der Waals surface area contributed by atoms with Crippen LogP contribution in [0.5, 0.6) is 0 Å². The average Bonchev–Trinajstić information content (AvgIpc) is 2.26. The highest BCUT2D eigenvalue weighted by molar-refractivity contribution is 9.10. The van der Waals surface area contributed by atoms with Crippen molar-refractivity contribution in [2.75, 3.05) is 0 Å². The third-order valence-corrected chi connectivity index (χ3v) is 2.43. The first kappa shape index (κ1) is 12.6. The van der Waals surface area contributed by atoms with Gasteiger partial charge >= 0.3 is 0 Å². The minimum atomic E-state index is -1.69. The minimum absolute atomic E-state index is 0.0951. The number of nitro benzene ring substituents is 1. The van der Waals surface area contributed by atoms with Crippen LogP contribution in [-0.4, -0.2) is 21.2 Å². The molecule has 6 nitrogen and oxygen atoms in total. The molecule has 2 N–H and O–H groups in total. The molecule has 0 aliphatic carbocycles. The van der Waals surface area contributed by atoms with Gasteiger partial charge in [-0.3, -0.25) is 10.1 Å². The van der Waals surface area contributed by atoms with E-state index in [0.29, 0.717) is 4.47 Å². The van der Waals surface area contributed by atoms with Crippen LogP contribution in [-0.2, 0) is 0 Å². The van der Waals surface area contributed by atoms with Crippen LogP contribution < -0.4 is 0 Å². The van der Waals surface area contributed by atoms with Gasteiger partial charge in [-0.05, 0) is 12.1 Å². The van der Waals surface area contributed by atoms with Crippen LogP contribution >= 0.6 is 15.9 Å². The monoisotopic (exact) mass is 286 g/mol. The molecule has 2 atom stereocenters. The molecule has 0 saturated carbocycles. The van der Waals surface area contributed by atoms with E-state index in [-0.39, 0.29) is 11.3 Å². The number of nitriles is 1. The molecular formula is C9H7BrN2O4. The number of nitrogens with zero attached hydrogens (tertiary/aromatic N) is 2. The maximum absolute atomic E-state index is 10.7. The second-order valence-corrected chi connectivity index (χ2v) is 3.89. The van der Waals surface area contributed by atoms with E-state index in [0.717, 1.165) is 0 Å². The number of nitro groups is 1. The Bertz CT molecular complexity index is 457. The van der Waals surface area contributed by atoms with Crippen LogP contribution in [0.3, 0.4) is 0 Å². The van der Waals surface area contributed by atoms with Gasteiger partial charge in [0.25, 0.3) is 5.69 Å². The highest BCUT2D eigenvalue weighted by Crippen LogP contribution is 2.29. The van der Waals surface area contributed by atoms with Crippen LogP contribution in [0.1, 0.15) is 11.7 Å². The zero-order valence-electron chi connectivity index (χ0n) is 7.87. The molecule has 1 aromatic carbocycles. The van der Waals surface area contributed by atoms with Gasteiger partial charge in [0.1, 0.15) is 6.10 Å². The van der Waals surface area contributed by atoms with Crippen LogP contribution in [0.4, 0.5) is 5.69 Å². The molecule has 0 aliphatic rings. The normalized spacial score (nSPS) is 13.9. The topological polar surface area (TPSA) is 107 Å². The summed E-state index contributed by atoms with van der Waals surface area (Å²) in [5.41, 5.74) is -0.446. The molecule has 0 radical (unpaired) electrons. The third-order valence-electron chi connectivity index (χ3n) is 1.94. The molecule has 7 heteroatoms. The van der Waals surface area contributed by atoms with Crippen molar-refractivity contribution in [2.24, 2.45) is 0 Å². The van der Waals surface area contributed by atoms with Gasteiger partial charge in [-0.25, -0.2) is 0 Å². The lowest BCUT2D eigenvalue weighted by Crippen LogP contribution is -2.17. The summed E-state index contributed by atoms with van der Waals surface area (Å²) in [7, 11) is 0. The van der Waals surface area contributed by atoms with Gasteiger partial charge in [0.05, 0.1) is 16.6 Å². The Hall–Kier alpha value is -1.49. The third kappa shape index (κ3) is 2.55. The number of hydrogen-bond acceptors (Lipinski definition) is 5. The smallest absolute Gasteiger partial charge is 0.276 e. The zero-order chi connectivity index (χ0) is 12.3. The number of benzene rings is 1. The van der Waals surface area contributed by atoms with E-state index in [2.05, 4.69) is 15.9 Å². The predicted octanol–water partition coefficient (Wildman–Crippen LogP) is 1.28. The molecule has 1 rings (SSSR count). The van der Waals surface area contributed by atoms with Crippen molar-refractivity contribution in [1.29, 1.82) is 5.26 Å². The van der Waals surface area contributed by atoms with E-state index in [4.69, 9.17) is 10.4 Å². The highest BCUT2D eigenvalue weighted by Gasteiger charge is 2.26. The van der Waals surface area contributed by atoms with Gasteiger partial charge in [-0.1, -0.05) is 15.9 Å². The quantitative estimate of drug-likeness (QED) is 0.494. The fourth-order valence-corrected chi connectivity index (χ4v) is 1.51. The largest absolute Gasteiger partial charge is 0.384 e. The fourth-order valence-electron chi connectivity index (χ4n) is 1.17. The molecule has 0 aromatic heterocycles. The number of aliphatic hydroxyl groups is 2. The lowest BCUT2D eigenvalue weighted by Gasteiger charge is -2.12. The molecule has 0 amide bonds. The van der Waals surface area contributed by atoms with Gasteiger partial charge in [-0.2, -0.15) is 5.26 Å². The van der Waals surface area contributed by atoms with Gasteiger partial charge in [-0.15, -0.1) is 0 Å². The Labute approximate surface area is 99.0 Å². The molecule has 84 valence electrons. The zero-order valence-corrected chi connectivity index (χ0v) is 9.46. The van der Waals surface area contributed by atoms with Crippen molar-refractivity contribution >= 4 is 21.6 Å². The Kier molecular flexibility index (Phi) is 3.95. The van der Waals surface area contributed by atoms with Crippen molar-refractivity contribution in [3.63, 3.8) is 0 Å². The summed E-state index contributed by atoms with van der Waals surface area (Å²) in [5.74, 6) is 0. The van der Waals surface area contributed by atoms with Crippen LogP contribution in [0.2, 0.25) is 0 Å². The first-order chi connectivity index (χ1) is 7.47. The second-order valence-electron chi connectivity index (χ2n) is 2.98. The maximum atomic E-state index is 10.7. The summed E-state index contributed by atoms with van der Waals surface area (Å²) in [6.07, 6.45) is -3.29. The summed E-state index contributed by atoms with van der Waals surface area (Å²) < 4.78 is 0.474. The molecule has 0 spiro atoms. The van der Waals surface area contributed by atoms with Crippen molar-refractivity contribution < 1.29 is 15.1 Å². The van der Waals surface area contributed by atoms with Crippen molar-refractivity contribution in [3.8, 4) is 6.07 Å². The van der Waals surface area contributed by atoms with Crippen molar-refractivity contribution in [1.82, 2.24) is 0 Å². The number of aliphatic hydroxyl groups excluding tert-OH is 2. The van der Waals surface area contributed by atoms with Crippen LogP contribution in [0.15, 0.2) is 22.7 Å². The van der Waals surface area contributed by atoms with Gasteiger partial charge in [0, 0.05) is 10.5 Å². The first-order valence-electron chi connectivity index (χ1n) is 4.17. The van der Waals surface area contributed by atoms with Crippen molar-refractivity contribution in [3.05, 3.63) is 38.3 Å². The lowest BCUT2D eigenvalue weighted by molar-refractivity contribution is -0.386. The lowest BCUT2D eigenvalue weighted by atomic mass is 10.0. The molecule has 1 aromatic rings. The van der Waals surface area contributed by atoms with Gasteiger partial charge in [0.15, 0.2) is 6.10 Å². The standard InChI is InChI=1S/C9H7BrN2O4/c10-5-1-2-6(7(3-5)12(15)16)9(14)8(13)4-11/h1-3,8-9,13-14H. The molecule has 0 saturated heterocycles. The van der Waals surface area contributed by atoms with Gasteiger partial charge in [0.2, 0.25) is 0 Å². The summed E-state index contributed by atoms with van der Waals surface area (Å²) in [4.78, 5) is 10.0. The predicted molar refractivity (Wildman–Crippen MR) is 57.4 cm³/mol. The van der Waals surface area contributed by atoms with E-state index in [1.54, 1.807) is 0 Å². The van der Waals surface area contributed by atoms with E-state index < -0.39 is 17.1 Å². The van der Waals surface area contributed by atoms with E-state index >= 15 is 0 Å². The summed E-state index contributed by atoms with van der Waals surface area (Å²) >= 11 is 3.05. The Morgan fingerprint density at radius 2 is 2.12 bits per heavy atom. The Balaban J connectivity index is 3.23. The number of halogens is 1. The summed E-state index contributed by atoms with van der Waals surface area (Å²) in [5, 5.41) is 37.7. The molecular weight excluding hydrogens is 280 g/mol. The van der Waals surface area contributed by atoms with Crippen molar-refractivity contribution in [2.45, 2.75) is 12.2 Å². The molecule has 0 heterocycles. The maximum Gasteiger partial charge on any atom is 0.276 e. The molecule has 0 fully saturated rings. The summed E-state index contributed by atoms with van der Waals surface area (Å²) in [6.45, 7) is 0. The van der Waals surface area contributed by atoms with E-state index in [1.807, 2.05) is 0 Å². The molecule has 2 unspecified atom stereocenters. The van der Waals surface area contributed by atoms with Crippen LogP contribution in [0.25, 0.3) is 0 Å². The number of rotatable bonds is 3. The Morgan fingerprint density at radius 1 is 1.50 bits per heavy atom. The first-order valence-corrected chi connectivity index (χ1v) is 4.96. The van der Waals surface area contributed by atoms with Gasteiger partial charge < -0.3 is 10.2 Å². The summed E-state index contributed by atoms with van der Waals surface area (Å²) in [6, 6.07) is 5.38. The Morgan fingerprint density at radius 3 is 2.62 bits per heavy atom. The average molecular weight is 287 g/mol. The minimum Gasteiger partial charge on any atom is -0.384 e. The van der Waals surface area contributed by atoms with E-state index in [9.17, 15) is 15.2 Å². The number of hydrogen-bond donors (Lipinski definition) is 2. The van der Waals surface area contributed by atoms with E-state index in [1.165, 1.54) is 24.3 Å². The molecule has 0 bridgehead atoms. The van der Waals surface area contributed by atoms with Crippen LogP contribution in [0, 0.1) is 21.4 Å². The molecule has 16 heavy (non-hydrogen) atoms. The highest BCUT2D eigenvalue weighted by atomic mass is 79.9. The molecule has 0 aliphatic heterocycles.